The van der Waals surface area contributed by atoms with Crippen LogP contribution in [0.1, 0.15) is 58.9 Å². The van der Waals surface area contributed by atoms with Crippen molar-refractivity contribution in [1.82, 2.24) is 5.32 Å². The van der Waals surface area contributed by atoms with Crippen LogP contribution in [0.4, 0.5) is 17.6 Å². The van der Waals surface area contributed by atoms with Gasteiger partial charge in [-0.2, -0.15) is 13.2 Å². The highest BCUT2D eigenvalue weighted by atomic mass is 19.4. The molecule has 2 aliphatic heterocycles. The van der Waals surface area contributed by atoms with E-state index < -0.39 is 35.9 Å². The molecule has 2 heterocycles. The van der Waals surface area contributed by atoms with Crippen LogP contribution < -0.4 is 10.1 Å². The van der Waals surface area contributed by atoms with E-state index in [9.17, 15) is 22.7 Å². The molecular weight excluding hydrogens is 448 g/mol. The van der Waals surface area contributed by atoms with Gasteiger partial charge in [-0.3, -0.25) is 4.99 Å². The third kappa shape index (κ3) is 5.37. The van der Waals surface area contributed by atoms with Crippen LogP contribution in [-0.2, 0) is 5.41 Å². The Bertz CT molecular complexity index is 1070. The molecule has 0 saturated heterocycles. The fourth-order valence-corrected chi connectivity index (χ4v) is 4.71. The van der Waals surface area contributed by atoms with E-state index in [1.165, 1.54) is 19.2 Å². The molecule has 1 unspecified atom stereocenters. The van der Waals surface area contributed by atoms with Gasteiger partial charge in [-0.1, -0.05) is 26.8 Å². The second-order valence-electron chi connectivity index (χ2n) is 9.59. The number of benzene rings is 1. The summed E-state index contributed by atoms with van der Waals surface area (Å²) in [6.45, 7) is 7.34. The molecule has 0 radical (unpaired) electrons. The molecule has 1 aromatic rings. The Morgan fingerprint density at radius 1 is 1.21 bits per heavy atom. The molecule has 4 nitrogen and oxygen atoms in total. The topological polar surface area (TPSA) is 53.8 Å². The van der Waals surface area contributed by atoms with Gasteiger partial charge in [0.1, 0.15) is 11.6 Å². The van der Waals surface area contributed by atoms with Crippen molar-refractivity contribution >= 4 is 5.71 Å². The van der Waals surface area contributed by atoms with Gasteiger partial charge >= 0.3 is 6.18 Å². The molecule has 0 fully saturated rings. The molecule has 186 valence electrons. The lowest BCUT2D eigenvalue weighted by Crippen LogP contribution is -2.50. The van der Waals surface area contributed by atoms with Gasteiger partial charge in [-0.15, -0.1) is 0 Å². The first-order valence-electron chi connectivity index (χ1n) is 11.3. The zero-order valence-electron chi connectivity index (χ0n) is 20.2. The van der Waals surface area contributed by atoms with Crippen LogP contribution in [0.5, 0.6) is 5.75 Å². The van der Waals surface area contributed by atoms with Crippen LogP contribution >= 0.6 is 0 Å². The van der Waals surface area contributed by atoms with E-state index in [1.807, 2.05) is 19.9 Å². The van der Waals surface area contributed by atoms with Crippen LogP contribution in [0.25, 0.3) is 0 Å². The number of dihydropyridines is 1. The number of hydrogen-bond acceptors (Lipinski definition) is 4. The number of rotatable bonds is 7. The Balaban J connectivity index is 1.94. The van der Waals surface area contributed by atoms with Crippen molar-refractivity contribution in [3.8, 4) is 5.75 Å². The second-order valence-corrected chi connectivity index (χ2v) is 9.59. The number of aliphatic hydroxyl groups is 1. The van der Waals surface area contributed by atoms with Crippen molar-refractivity contribution in [1.29, 1.82) is 0 Å². The lowest BCUT2D eigenvalue weighted by Gasteiger charge is -2.39. The predicted octanol–water partition coefficient (Wildman–Crippen LogP) is 6.13. The summed E-state index contributed by atoms with van der Waals surface area (Å²) in [6.07, 6.45) is -1.20. The Labute approximate surface area is 198 Å². The molecule has 8 heteroatoms. The first-order valence-corrected chi connectivity index (χ1v) is 11.3. The van der Waals surface area contributed by atoms with E-state index in [2.05, 4.69) is 10.3 Å². The molecule has 1 atom stereocenters. The molecule has 0 aliphatic carbocycles. The van der Waals surface area contributed by atoms with Gasteiger partial charge in [-0.25, -0.2) is 4.39 Å². The van der Waals surface area contributed by atoms with Crippen LogP contribution in [-0.4, -0.2) is 36.3 Å². The Hall–Kier alpha value is -2.61. The van der Waals surface area contributed by atoms with Gasteiger partial charge in [0.2, 0.25) is 0 Å². The third-order valence-electron chi connectivity index (χ3n) is 6.53. The van der Waals surface area contributed by atoms with Gasteiger partial charge in [0.15, 0.2) is 5.60 Å². The molecule has 0 amide bonds. The number of methoxy groups -OCH3 is 1. The van der Waals surface area contributed by atoms with Crippen molar-refractivity contribution < 1.29 is 27.4 Å². The summed E-state index contributed by atoms with van der Waals surface area (Å²) in [7, 11) is 1.38. The van der Waals surface area contributed by atoms with E-state index in [4.69, 9.17) is 4.74 Å². The molecule has 0 spiro atoms. The highest BCUT2D eigenvalue weighted by Gasteiger charge is 2.56. The number of alkyl halides is 3. The Morgan fingerprint density at radius 2 is 1.91 bits per heavy atom. The van der Waals surface area contributed by atoms with Gasteiger partial charge in [0, 0.05) is 35.6 Å². The highest BCUT2D eigenvalue weighted by molar-refractivity contribution is 6.01. The molecule has 0 saturated carbocycles. The summed E-state index contributed by atoms with van der Waals surface area (Å²) in [5, 5.41) is 14.1. The molecule has 2 N–H and O–H groups in total. The summed E-state index contributed by atoms with van der Waals surface area (Å²) in [5.41, 5.74) is -0.0565. The molecule has 0 aromatic heterocycles. The average Bonchev–Trinajstić information content (AvgIpc) is 2.90. The summed E-state index contributed by atoms with van der Waals surface area (Å²) in [4.78, 5) is 4.60. The summed E-state index contributed by atoms with van der Waals surface area (Å²) in [5.74, 6) is -0.312. The number of halogens is 4. The number of nitrogens with one attached hydrogen (secondary N) is 1. The molecule has 0 bridgehead atoms. The quantitative estimate of drug-likeness (QED) is 0.462. The molecule has 1 aromatic carbocycles. The molecule has 2 aliphatic rings. The SMILES string of the molecule is CCC1=CCC2=C(CNC(CC(O)(CC(C)(C)c3cc(F)ccc3OC)C(F)(F)F)=C2)C(C)=N1. The number of allylic oxidation sites excluding steroid dienone is 4. The number of ether oxygens (including phenoxy) is 1. The zero-order valence-corrected chi connectivity index (χ0v) is 20.2. The van der Waals surface area contributed by atoms with Crippen LogP contribution in [0.3, 0.4) is 0 Å². The van der Waals surface area contributed by atoms with E-state index in [1.54, 1.807) is 19.9 Å². The van der Waals surface area contributed by atoms with E-state index in [-0.39, 0.29) is 11.3 Å². The van der Waals surface area contributed by atoms with Crippen LogP contribution in [0.2, 0.25) is 0 Å². The number of nitrogens with zero attached hydrogens (tertiary/aromatic N) is 1. The van der Waals surface area contributed by atoms with Crippen LogP contribution in [0.15, 0.2) is 57.9 Å². The first-order chi connectivity index (χ1) is 15.8. The first kappa shape index (κ1) is 26.0. The Kier molecular flexibility index (Phi) is 7.31. The number of aliphatic imine (C=N–C) groups is 1. The second kappa shape index (κ2) is 9.56. The molecular formula is C26H32F4N2O2. The standard InChI is InChI=1S/C26H32F4N2O2/c1-6-19-9-7-17-11-20(31-14-21(17)16(2)32-19)13-25(33,26(28,29)30)15-24(3,4)22-12-18(27)8-10-23(22)34-5/h8-12,31,33H,6-7,13-15H2,1-5H3. The van der Waals surface area contributed by atoms with Gasteiger partial charge in [0.05, 0.1) is 7.11 Å². The smallest absolute Gasteiger partial charge is 0.417 e. The molecule has 34 heavy (non-hydrogen) atoms. The van der Waals surface area contributed by atoms with Gasteiger partial charge in [-0.05, 0) is 67.0 Å². The summed E-state index contributed by atoms with van der Waals surface area (Å²) >= 11 is 0. The molecule has 3 rings (SSSR count). The lowest BCUT2D eigenvalue weighted by molar-refractivity contribution is -0.266. The van der Waals surface area contributed by atoms with Crippen molar-refractivity contribution in [2.45, 2.75) is 70.6 Å². The van der Waals surface area contributed by atoms with Crippen molar-refractivity contribution in [3.63, 3.8) is 0 Å². The fourth-order valence-electron chi connectivity index (χ4n) is 4.71. The van der Waals surface area contributed by atoms with Gasteiger partial charge < -0.3 is 15.2 Å². The number of hydrogen-bond donors (Lipinski definition) is 2. The maximum absolute atomic E-state index is 14.3. The van der Waals surface area contributed by atoms with Crippen molar-refractivity contribution in [3.05, 3.63) is 64.3 Å². The minimum Gasteiger partial charge on any atom is -0.496 e. The summed E-state index contributed by atoms with van der Waals surface area (Å²) in [6, 6.07) is 3.73. The Morgan fingerprint density at radius 3 is 2.53 bits per heavy atom. The highest BCUT2D eigenvalue weighted by Crippen LogP contribution is 2.46. The van der Waals surface area contributed by atoms with Crippen molar-refractivity contribution in [2.75, 3.05) is 13.7 Å². The minimum atomic E-state index is -4.90. The zero-order chi connectivity index (χ0) is 25.3. The average molecular weight is 481 g/mol. The monoisotopic (exact) mass is 480 g/mol. The fraction of sp³-hybridized carbons (Fsp3) is 0.500. The predicted molar refractivity (Wildman–Crippen MR) is 125 cm³/mol. The maximum atomic E-state index is 14.3. The lowest BCUT2D eigenvalue weighted by atomic mass is 9.73. The van der Waals surface area contributed by atoms with Crippen molar-refractivity contribution in [2.24, 2.45) is 4.99 Å². The van der Waals surface area contributed by atoms with E-state index >= 15 is 0 Å². The maximum Gasteiger partial charge on any atom is 0.417 e. The summed E-state index contributed by atoms with van der Waals surface area (Å²) < 4.78 is 62.0. The van der Waals surface area contributed by atoms with E-state index in [0.29, 0.717) is 18.7 Å². The normalized spacial score (nSPS) is 18.7. The minimum absolute atomic E-state index is 0.265. The van der Waals surface area contributed by atoms with Gasteiger partial charge in [0.25, 0.3) is 0 Å². The third-order valence-corrected chi connectivity index (χ3v) is 6.53. The van der Waals surface area contributed by atoms with E-state index in [0.717, 1.165) is 35.0 Å². The largest absolute Gasteiger partial charge is 0.496 e. The van der Waals surface area contributed by atoms with Crippen LogP contribution in [0, 0.1) is 5.82 Å².